The largest absolute Gasteiger partial charge is 0.416 e. The van der Waals surface area contributed by atoms with Crippen molar-refractivity contribution in [1.82, 2.24) is 0 Å². The second-order valence-electron chi connectivity index (χ2n) is 5.21. The maximum absolute atomic E-state index is 12.8. The zero-order chi connectivity index (χ0) is 19.0. The molecule has 2 aromatic carbocycles. The van der Waals surface area contributed by atoms with E-state index in [1.165, 1.54) is 12.1 Å². The maximum Gasteiger partial charge on any atom is 0.416 e. The van der Waals surface area contributed by atoms with Crippen molar-refractivity contribution in [2.75, 3.05) is 5.32 Å². The standard InChI is InChI=1S/C16H10BrF6NO/c1-8-2-3-12(7-13(8)17)24-14(25)9-4-10(15(18,19)20)6-11(5-9)16(21,22)23/h2-7H,1H3,(H,24,25). The van der Waals surface area contributed by atoms with Gasteiger partial charge in [0.2, 0.25) is 0 Å². The van der Waals surface area contributed by atoms with Crippen LogP contribution in [-0.2, 0) is 12.4 Å². The molecule has 9 heteroatoms. The molecule has 0 fully saturated rings. The lowest BCUT2D eigenvalue weighted by Crippen LogP contribution is -2.17. The van der Waals surface area contributed by atoms with E-state index in [-0.39, 0.29) is 11.8 Å². The van der Waals surface area contributed by atoms with Crippen molar-refractivity contribution in [3.8, 4) is 0 Å². The summed E-state index contributed by atoms with van der Waals surface area (Å²) in [4.78, 5) is 12.1. The van der Waals surface area contributed by atoms with Crippen molar-refractivity contribution >= 4 is 27.5 Å². The molecular weight excluding hydrogens is 416 g/mol. The number of hydrogen-bond donors (Lipinski definition) is 1. The van der Waals surface area contributed by atoms with E-state index in [2.05, 4.69) is 21.2 Å². The molecule has 0 saturated heterocycles. The molecule has 0 aliphatic heterocycles. The molecule has 0 spiro atoms. The molecule has 0 bridgehead atoms. The molecule has 134 valence electrons. The van der Waals surface area contributed by atoms with Gasteiger partial charge in [-0.2, -0.15) is 26.3 Å². The van der Waals surface area contributed by atoms with Crippen LogP contribution in [0.3, 0.4) is 0 Å². The first-order valence-corrected chi connectivity index (χ1v) is 7.54. The first-order chi connectivity index (χ1) is 11.4. The van der Waals surface area contributed by atoms with E-state index in [9.17, 15) is 31.1 Å². The lowest BCUT2D eigenvalue weighted by atomic mass is 10.0. The summed E-state index contributed by atoms with van der Waals surface area (Å²) in [5, 5.41) is 2.28. The third-order valence-corrected chi connectivity index (χ3v) is 4.13. The minimum Gasteiger partial charge on any atom is -0.322 e. The summed E-state index contributed by atoms with van der Waals surface area (Å²) in [6, 6.07) is 5.34. The lowest BCUT2D eigenvalue weighted by Gasteiger charge is -2.14. The van der Waals surface area contributed by atoms with Crippen molar-refractivity contribution in [2.45, 2.75) is 19.3 Å². The summed E-state index contributed by atoms with van der Waals surface area (Å²) < 4.78 is 77.5. The van der Waals surface area contributed by atoms with E-state index in [4.69, 9.17) is 0 Å². The Labute approximate surface area is 147 Å². The van der Waals surface area contributed by atoms with E-state index in [1.54, 1.807) is 13.0 Å². The summed E-state index contributed by atoms with van der Waals surface area (Å²) in [5.41, 5.74) is -2.75. The summed E-state index contributed by atoms with van der Waals surface area (Å²) in [6.07, 6.45) is -10.0. The van der Waals surface area contributed by atoms with Crippen LogP contribution in [0, 0.1) is 6.92 Å². The predicted molar refractivity (Wildman–Crippen MR) is 83.3 cm³/mol. The molecule has 0 atom stereocenters. The molecular formula is C16H10BrF6NO. The van der Waals surface area contributed by atoms with Gasteiger partial charge in [-0.15, -0.1) is 0 Å². The van der Waals surface area contributed by atoms with E-state index < -0.39 is 35.0 Å². The van der Waals surface area contributed by atoms with Crippen LogP contribution in [0.2, 0.25) is 0 Å². The SMILES string of the molecule is Cc1ccc(NC(=O)c2cc(C(F)(F)F)cc(C(F)(F)F)c2)cc1Br. The fraction of sp³-hybridized carbons (Fsp3) is 0.188. The van der Waals surface area contributed by atoms with Gasteiger partial charge in [0.25, 0.3) is 5.91 Å². The number of rotatable bonds is 2. The molecule has 25 heavy (non-hydrogen) atoms. The van der Waals surface area contributed by atoms with Crippen LogP contribution >= 0.6 is 15.9 Å². The van der Waals surface area contributed by atoms with Crippen LogP contribution in [0.1, 0.15) is 27.0 Å². The van der Waals surface area contributed by atoms with E-state index in [0.29, 0.717) is 16.6 Å². The number of carbonyl (C=O) groups excluding carboxylic acids is 1. The average Bonchev–Trinajstić information content (AvgIpc) is 2.48. The van der Waals surface area contributed by atoms with Crippen LogP contribution in [0.4, 0.5) is 32.0 Å². The first kappa shape index (κ1) is 19.3. The van der Waals surface area contributed by atoms with Crippen LogP contribution < -0.4 is 5.32 Å². The number of nitrogens with one attached hydrogen (secondary N) is 1. The van der Waals surface area contributed by atoms with Crippen molar-refractivity contribution in [1.29, 1.82) is 0 Å². The third kappa shape index (κ3) is 4.75. The van der Waals surface area contributed by atoms with Crippen LogP contribution in [0.5, 0.6) is 0 Å². The molecule has 2 aromatic rings. The molecule has 1 amide bonds. The number of hydrogen-bond acceptors (Lipinski definition) is 1. The Morgan fingerprint density at radius 3 is 1.88 bits per heavy atom. The van der Waals surface area contributed by atoms with Crippen molar-refractivity contribution < 1.29 is 31.1 Å². The van der Waals surface area contributed by atoms with Gasteiger partial charge in [0.15, 0.2) is 0 Å². The number of alkyl halides is 6. The van der Waals surface area contributed by atoms with Crippen molar-refractivity contribution in [3.63, 3.8) is 0 Å². The number of amides is 1. The van der Waals surface area contributed by atoms with Gasteiger partial charge >= 0.3 is 12.4 Å². The number of halogens is 7. The summed E-state index contributed by atoms with van der Waals surface area (Å²) >= 11 is 3.22. The second kappa shape index (κ2) is 6.70. The molecule has 0 heterocycles. The number of anilines is 1. The molecule has 0 aliphatic carbocycles. The summed E-state index contributed by atoms with van der Waals surface area (Å²) in [7, 11) is 0. The minimum atomic E-state index is -5.01. The highest BCUT2D eigenvalue weighted by molar-refractivity contribution is 9.10. The number of carbonyl (C=O) groups is 1. The lowest BCUT2D eigenvalue weighted by molar-refractivity contribution is -0.143. The molecule has 2 rings (SSSR count). The van der Waals surface area contributed by atoms with Crippen molar-refractivity contribution in [3.05, 3.63) is 63.1 Å². The van der Waals surface area contributed by atoms with Gasteiger partial charge in [0.1, 0.15) is 0 Å². The number of aryl methyl sites for hydroxylation is 1. The number of benzene rings is 2. The Balaban J connectivity index is 2.42. The fourth-order valence-corrected chi connectivity index (χ4v) is 2.34. The smallest absolute Gasteiger partial charge is 0.322 e. The van der Waals surface area contributed by atoms with Gasteiger partial charge in [-0.05, 0) is 42.8 Å². The van der Waals surface area contributed by atoms with Gasteiger partial charge < -0.3 is 5.32 Å². The summed E-state index contributed by atoms with van der Waals surface area (Å²) in [5.74, 6) is -1.08. The topological polar surface area (TPSA) is 29.1 Å². The predicted octanol–water partition coefficient (Wildman–Crippen LogP) is 6.05. The van der Waals surface area contributed by atoms with Crippen molar-refractivity contribution in [2.24, 2.45) is 0 Å². The summed E-state index contributed by atoms with van der Waals surface area (Å²) in [6.45, 7) is 1.78. The second-order valence-corrected chi connectivity index (χ2v) is 6.07. The van der Waals surface area contributed by atoms with E-state index in [1.807, 2.05) is 0 Å². The highest BCUT2D eigenvalue weighted by Gasteiger charge is 2.37. The van der Waals surface area contributed by atoms with Gasteiger partial charge in [-0.3, -0.25) is 4.79 Å². The minimum absolute atomic E-state index is 0.0285. The van der Waals surface area contributed by atoms with Crippen LogP contribution in [-0.4, -0.2) is 5.91 Å². The van der Waals surface area contributed by atoms with E-state index >= 15 is 0 Å². The van der Waals surface area contributed by atoms with Crippen LogP contribution in [0.25, 0.3) is 0 Å². The first-order valence-electron chi connectivity index (χ1n) is 6.75. The highest BCUT2D eigenvalue weighted by Crippen LogP contribution is 2.36. The molecule has 1 N–H and O–H groups in total. The highest BCUT2D eigenvalue weighted by atomic mass is 79.9. The monoisotopic (exact) mass is 425 g/mol. The van der Waals surface area contributed by atoms with Gasteiger partial charge in [-0.25, -0.2) is 0 Å². The Morgan fingerprint density at radius 2 is 1.44 bits per heavy atom. The normalized spacial score (nSPS) is 12.2. The maximum atomic E-state index is 12.8. The van der Waals surface area contributed by atoms with Gasteiger partial charge in [0, 0.05) is 15.7 Å². The quantitative estimate of drug-likeness (QED) is 0.583. The Kier molecular flexibility index (Phi) is 5.17. The van der Waals surface area contributed by atoms with Gasteiger partial charge in [0.05, 0.1) is 11.1 Å². The molecule has 0 saturated carbocycles. The Hall–Kier alpha value is -2.03. The molecule has 0 aliphatic rings. The molecule has 0 unspecified atom stereocenters. The zero-order valence-corrected chi connectivity index (χ0v) is 14.1. The molecule has 2 nitrogen and oxygen atoms in total. The van der Waals surface area contributed by atoms with Crippen LogP contribution in [0.15, 0.2) is 40.9 Å². The van der Waals surface area contributed by atoms with E-state index in [0.717, 1.165) is 5.56 Å². The molecule has 0 radical (unpaired) electrons. The molecule has 0 aromatic heterocycles. The van der Waals surface area contributed by atoms with Gasteiger partial charge in [-0.1, -0.05) is 22.0 Å². The Bertz CT molecular complexity index is 781. The zero-order valence-electron chi connectivity index (χ0n) is 12.5. The Morgan fingerprint density at radius 1 is 0.920 bits per heavy atom. The average molecular weight is 426 g/mol. The fourth-order valence-electron chi connectivity index (χ4n) is 1.96. The third-order valence-electron chi connectivity index (χ3n) is 3.28.